The molecule has 0 spiro atoms. The highest BCUT2D eigenvalue weighted by Crippen LogP contribution is 2.42. The van der Waals surface area contributed by atoms with Crippen molar-refractivity contribution in [1.82, 2.24) is 4.90 Å². The molecule has 3 aliphatic rings. The zero-order valence-corrected chi connectivity index (χ0v) is 33.1. The summed E-state index contributed by atoms with van der Waals surface area (Å²) in [6.45, 7) is 21.5. The van der Waals surface area contributed by atoms with Gasteiger partial charge in [0, 0.05) is 35.6 Å². The van der Waals surface area contributed by atoms with Gasteiger partial charge < -0.3 is 49.0 Å². The van der Waals surface area contributed by atoms with Crippen LogP contribution in [-0.4, -0.2) is 124 Å². The number of cyclic esters (lactones) is 1. The van der Waals surface area contributed by atoms with Gasteiger partial charge in [0.1, 0.15) is 18.0 Å². The number of rotatable bonds is 6. The molecule has 0 radical (unpaired) electrons. The highest BCUT2D eigenvalue weighted by molar-refractivity contribution is 5.83. The van der Waals surface area contributed by atoms with Gasteiger partial charge in [-0.3, -0.25) is 9.59 Å². The summed E-state index contributed by atoms with van der Waals surface area (Å²) in [7, 11) is 3.75. The van der Waals surface area contributed by atoms with Gasteiger partial charge in [-0.1, -0.05) is 55.4 Å². The van der Waals surface area contributed by atoms with E-state index < -0.39 is 101 Å². The van der Waals surface area contributed by atoms with E-state index in [4.69, 9.17) is 23.7 Å². The Bertz CT molecular complexity index is 1140. The van der Waals surface area contributed by atoms with Gasteiger partial charge in [-0.25, -0.2) is 0 Å². The number of hydrogen-bond donors (Lipinski definition) is 4. The Kier molecular flexibility index (Phi) is 14.2. The molecule has 3 fully saturated rings. The highest BCUT2D eigenvalue weighted by atomic mass is 16.7. The summed E-state index contributed by atoms with van der Waals surface area (Å²) in [6.07, 6.45) is -7.23. The van der Waals surface area contributed by atoms with Crippen LogP contribution in [0.25, 0.3) is 0 Å². The summed E-state index contributed by atoms with van der Waals surface area (Å²) in [5.41, 5.74) is -3.24. The van der Waals surface area contributed by atoms with Gasteiger partial charge in [0.15, 0.2) is 12.6 Å². The Morgan fingerprint density at radius 1 is 0.860 bits per heavy atom. The molecule has 0 bridgehead atoms. The topological polar surface area (TPSA) is 164 Å². The Morgan fingerprint density at radius 2 is 1.46 bits per heavy atom. The van der Waals surface area contributed by atoms with Crippen LogP contribution >= 0.6 is 0 Å². The number of carbonyl (C=O) groups is 2. The van der Waals surface area contributed by atoms with E-state index in [0.29, 0.717) is 19.3 Å². The minimum Gasteiger partial charge on any atom is -0.461 e. The molecule has 0 aromatic carbocycles. The molecule has 16 atom stereocenters. The first-order valence-corrected chi connectivity index (χ1v) is 18.7. The molecular formula is C38H69NO11. The fourth-order valence-electron chi connectivity index (χ4n) is 8.73. The first-order valence-electron chi connectivity index (χ1n) is 18.7. The lowest BCUT2D eigenvalue weighted by Crippen LogP contribution is -2.60. The van der Waals surface area contributed by atoms with E-state index in [-0.39, 0.29) is 24.3 Å². The van der Waals surface area contributed by atoms with Gasteiger partial charge in [-0.05, 0) is 66.5 Å². The molecule has 4 N–H and O–H groups in total. The van der Waals surface area contributed by atoms with Crippen LogP contribution < -0.4 is 0 Å². The Balaban J connectivity index is 2.17. The predicted octanol–water partition coefficient (Wildman–Crippen LogP) is 3.68. The number of aliphatic hydroxyl groups excluding tert-OH is 3. The second-order valence-electron chi connectivity index (χ2n) is 17.5. The number of carbonyl (C=O) groups excluding carboxylic acids is 2. The molecule has 3 heterocycles. The van der Waals surface area contributed by atoms with E-state index in [1.807, 2.05) is 53.6 Å². The van der Waals surface area contributed by atoms with Gasteiger partial charge in [0.05, 0.1) is 48.1 Å². The van der Waals surface area contributed by atoms with Crippen molar-refractivity contribution in [1.29, 1.82) is 0 Å². The lowest BCUT2D eigenvalue weighted by Gasteiger charge is -2.49. The number of ketones is 1. The SMILES string of the molecule is CC[C@H]1OC(=O)[C@H](C)[C@@H](O[C@H]2CC(C)(C)[C@@H](O)[C@H](C)O2)[C@H](C)[C@@H](O[C@@H]2O[C@H](C)C[C@H](N(C)C)[C@H]2O)[C@@](C)(O)C[C@@H](C)C(=O)[C@H](C)[C@@H](O)C1(C)C. The van der Waals surface area contributed by atoms with E-state index >= 15 is 0 Å². The second-order valence-corrected chi connectivity index (χ2v) is 17.5. The minimum atomic E-state index is -1.70. The average molecular weight is 716 g/mol. The molecule has 0 saturated carbocycles. The standard InChI is InChI=1S/C38H69NO11/c1-15-26-37(10,11)31(42)21(4)28(40)19(2)17-38(12,45)33(50-35-29(41)25(39(13)14)16-20(3)46-35)22(5)30(23(6)34(44)48-26)49-27-18-36(8,9)32(43)24(7)47-27/h19-27,29-33,35,41-43,45H,15-18H2,1-14H3/t19-,20-,21+,22+,23-,24+,25+,26-,27+,29-,30+,31-,32+,33-,35+,38+/m1/s1. The van der Waals surface area contributed by atoms with Crippen molar-refractivity contribution in [3.63, 3.8) is 0 Å². The molecule has 3 aliphatic heterocycles. The second kappa shape index (κ2) is 16.4. The summed E-state index contributed by atoms with van der Waals surface area (Å²) < 4.78 is 31.8. The van der Waals surface area contributed by atoms with Gasteiger partial charge in [-0.2, -0.15) is 0 Å². The molecule has 50 heavy (non-hydrogen) atoms. The summed E-state index contributed by atoms with van der Waals surface area (Å²) in [5, 5.41) is 46.3. The minimum absolute atomic E-state index is 0.0350. The van der Waals surface area contributed by atoms with Crippen LogP contribution in [-0.2, 0) is 33.3 Å². The van der Waals surface area contributed by atoms with Crippen molar-refractivity contribution in [2.24, 2.45) is 34.5 Å². The van der Waals surface area contributed by atoms with Crippen LogP contribution in [0.3, 0.4) is 0 Å². The predicted molar refractivity (Wildman–Crippen MR) is 188 cm³/mol. The first kappa shape index (κ1) is 43.2. The number of hydrogen-bond acceptors (Lipinski definition) is 12. The molecule has 0 amide bonds. The van der Waals surface area contributed by atoms with Crippen molar-refractivity contribution < 1.29 is 53.7 Å². The van der Waals surface area contributed by atoms with E-state index in [1.165, 1.54) is 0 Å². The van der Waals surface area contributed by atoms with Gasteiger partial charge in [0.2, 0.25) is 0 Å². The van der Waals surface area contributed by atoms with Crippen LogP contribution in [0, 0.1) is 34.5 Å². The van der Waals surface area contributed by atoms with Crippen molar-refractivity contribution in [3.05, 3.63) is 0 Å². The van der Waals surface area contributed by atoms with Crippen LogP contribution in [0.2, 0.25) is 0 Å². The third-order valence-electron chi connectivity index (χ3n) is 12.0. The largest absolute Gasteiger partial charge is 0.461 e. The Hall–Kier alpha value is -1.22. The number of aliphatic hydroxyl groups is 4. The van der Waals surface area contributed by atoms with E-state index in [1.54, 1.807) is 48.5 Å². The molecule has 0 aromatic heterocycles. The van der Waals surface area contributed by atoms with Gasteiger partial charge in [0.25, 0.3) is 0 Å². The van der Waals surface area contributed by atoms with E-state index in [2.05, 4.69) is 0 Å². The van der Waals surface area contributed by atoms with Gasteiger partial charge in [-0.15, -0.1) is 0 Å². The van der Waals surface area contributed by atoms with Crippen LogP contribution in [0.15, 0.2) is 0 Å². The molecule has 3 rings (SSSR count). The van der Waals surface area contributed by atoms with Crippen molar-refractivity contribution in [2.45, 2.75) is 182 Å². The zero-order chi connectivity index (χ0) is 38.3. The van der Waals surface area contributed by atoms with Crippen molar-refractivity contribution in [3.8, 4) is 0 Å². The van der Waals surface area contributed by atoms with E-state index in [0.717, 1.165) is 0 Å². The number of ether oxygens (including phenoxy) is 5. The smallest absolute Gasteiger partial charge is 0.311 e. The maximum absolute atomic E-state index is 14.2. The molecule has 3 saturated heterocycles. The van der Waals surface area contributed by atoms with E-state index in [9.17, 15) is 30.0 Å². The fraction of sp³-hybridized carbons (Fsp3) is 0.947. The summed E-state index contributed by atoms with van der Waals surface area (Å²) >= 11 is 0. The van der Waals surface area contributed by atoms with Crippen molar-refractivity contribution in [2.75, 3.05) is 14.1 Å². The monoisotopic (exact) mass is 715 g/mol. The molecule has 0 aromatic rings. The zero-order valence-electron chi connectivity index (χ0n) is 33.1. The number of esters is 1. The third kappa shape index (κ3) is 9.28. The van der Waals surface area contributed by atoms with Crippen LogP contribution in [0.5, 0.6) is 0 Å². The van der Waals surface area contributed by atoms with Gasteiger partial charge >= 0.3 is 5.97 Å². The maximum Gasteiger partial charge on any atom is 0.311 e. The Labute approximate surface area is 300 Å². The summed E-state index contributed by atoms with van der Waals surface area (Å²) in [6, 6.07) is -0.286. The van der Waals surface area contributed by atoms with Crippen LogP contribution in [0.1, 0.15) is 109 Å². The number of likely N-dealkylation sites (N-methyl/N-ethyl adjacent to an activating group) is 1. The lowest BCUT2D eigenvalue weighted by atomic mass is 9.70. The molecule has 12 nitrogen and oxygen atoms in total. The normalized spacial score (nSPS) is 46.7. The first-order chi connectivity index (χ1) is 22.9. The Morgan fingerprint density at radius 3 is 2.00 bits per heavy atom. The molecule has 0 aliphatic carbocycles. The molecule has 292 valence electrons. The maximum atomic E-state index is 14.2. The average Bonchev–Trinajstić information content (AvgIpc) is 3.01. The third-order valence-corrected chi connectivity index (χ3v) is 12.0. The van der Waals surface area contributed by atoms with Crippen molar-refractivity contribution >= 4 is 11.8 Å². The molecule has 12 heteroatoms. The lowest BCUT2D eigenvalue weighted by molar-refractivity contribution is -0.312. The van der Waals surface area contributed by atoms with Crippen LogP contribution in [0.4, 0.5) is 0 Å². The fourth-order valence-corrected chi connectivity index (χ4v) is 8.73. The number of Topliss-reactive ketones (excluding diaryl/α,β-unsaturated/α-hetero) is 1. The summed E-state index contributed by atoms with van der Waals surface area (Å²) in [4.78, 5) is 30.0. The molecular weight excluding hydrogens is 646 g/mol. The molecule has 0 unspecified atom stereocenters. The highest BCUT2D eigenvalue weighted by Gasteiger charge is 2.52. The number of nitrogens with zero attached hydrogens (tertiary/aromatic N) is 1. The quantitative estimate of drug-likeness (QED) is 0.296. The summed E-state index contributed by atoms with van der Waals surface area (Å²) in [5.74, 6) is -3.97.